The maximum atomic E-state index is 12.6. The van der Waals surface area contributed by atoms with Crippen LogP contribution in [0.15, 0.2) is 30.4 Å². The van der Waals surface area contributed by atoms with Crippen LogP contribution in [-0.4, -0.2) is 19.2 Å². The van der Waals surface area contributed by atoms with Gasteiger partial charge in [0.15, 0.2) is 0 Å². The van der Waals surface area contributed by atoms with E-state index in [4.69, 9.17) is 15.9 Å². The molecule has 1 aromatic carbocycles. The number of carbonyl (C=O) groups excluding carboxylic acids is 1. The van der Waals surface area contributed by atoms with E-state index in [1.165, 1.54) is 0 Å². The standard InChI is InChI=1S/C19H22O3/c1-3-10-16-13-8-6-4-5-7-11-15-12-9-14-17(21-2)18(15)19(20)22-16/h1,5,7,9,12,14,16H,4,6,8,10-11,13H2,2H3/b7-5+/t16-/m0/s1. The Balaban J connectivity index is 2.35. The summed E-state index contributed by atoms with van der Waals surface area (Å²) in [5.74, 6) is 2.80. The van der Waals surface area contributed by atoms with Crippen LogP contribution in [0.25, 0.3) is 0 Å². The van der Waals surface area contributed by atoms with Crippen molar-refractivity contribution in [1.82, 2.24) is 0 Å². The Morgan fingerprint density at radius 3 is 3.00 bits per heavy atom. The lowest BCUT2D eigenvalue weighted by Crippen LogP contribution is -2.20. The summed E-state index contributed by atoms with van der Waals surface area (Å²) in [6.45, 7) is 0. The van der Waals surface area contributed by atoms with Crippen LogP contribution in [-0.2, 0) is 11.2 Å². The van der Waals surface area contributed by atoms with Gasteiger partial charge in [-0.25, -0.2) is 4.79 Å². The highest BCUT2D eigenvalue weighted by molar-refractivity contribution is 5.94. The molecule has 116 valence electrons. The number of benzene rings is 1. The Bertz CT molecular complexity index is 581. The quantitative estimate of drug-likeness (QED) is 0.471. The molecule has 0 radical (unpaired) electrons. The van der Waals surface area contributed by atoms with E-state index in [1.54, 1.807) is 13.2 Å². The van der Waals surface area contributed by atoms with Crippen molar-refractivity contribution in [2.75, 3.05) is 7.11 Å². The Labute approximate surface area is 132 Å². The maximum Gasteiger partial charge on any atom is 0.342 e. The number of terminal acetylenes is 1. The lowest BCUT2D eigenvalue weighted by Gasteiger charge is -2.18. The van der Waals surface area contributed by atoms with Gasteiger partial charge in [-0.05, 0) is 43.7 Å². The van der Waals surface area contributed by atoms with Crippen molar-refractivity contribution in [2.45, 2.75) is 44.6 Å². The number of methoxy groups -OCH3 is 1. The topological polar surface area (TPSA) is 35.5 Å². The molecule has 0 aliphatic carbocycles. The van der Waals surface area contributed by atoms with Crippen molar-refractivity contribution in [3.05, 3.63) is 41.5 Å². The summed E-state index contributed by atoms with van der Waals surface area (Å²) in [5.41, 5.74) is 1.43. The number of carbonyl (C=O) groups is 1. The first kappa shape index (κ1) is 16.2. The highest BCUT2D eigenvalue weighted by Gasteiger charge is 2.21. The summed E-state index contributed by atoms with van der Waals surface area (Å²) >= 11 is 0. The smallest absolute Gasteiger partial charge is 0.342 e. The molecular formula is C19H22O3. The predicted molar refractivity (Wildman–Crippen MR) is 87.0 cm³/mol. The maximum absolute atomic E-state index is 12.6. The highest BCUT2D eigenvalue weighted by atomic mass is 16.5. The van der Waals surface area contributed by atoms with E-state index in [0.717, 1.165) is 31.2 Å². The van der Waals surface area contributed by atoms with Gasteiger partial charge >= 0.3 is 5.97 Å². The molecule has 0 aromatic heterocycles. The predicted octanol–water partition coefficient (Wildman–Crippen LogP) is 3.92. The third-order valence-corrected chi connectivity index (χ3v) is 3.81. The fourth-order valence-corrected chi connectivity index (χ4v) is 2.66. The fraction of sp³-hybridized carbons (Fsp3) is 0.421. The summed E-state index contributed by atoms with van der Waals surface area (Å²) in [5, 5.41) is 0. The second kappa shape index (κ2) is 8.29. The van der Waals surface area contributed by atoms with E-state index in [-0.39, 0.29) is 12.1 Å². The van der Waals surface area contributed by atoms with Crippen LogP contribution in [0, 0.1) is 12.3 Å². The van der Waals surface area contributed by atoms with Crippen molar-refractivity contribution in [3.8, 4) is 18.1 Å². The molecule has 1 atom stereocenters. The normalized spacial score (nSPS) is 20.5. The minimum Gasteiger partial charge on any atom is -0.496 e. The van der Waals surface area contributed by atoms with Crippen LogP contribution in [0.2, 0.25) is 0 Å². The third-order valence-electron chi connectivity index (χ3n) is 3.81. The van der Waals surface area contributed by atoms with Crippen LogP contribution in [0.1, 0.15) is 48.0 Å². The molecule has 3 heteroatoms. The third kappa shape index (κ3) is 4.14. The van der Waals surface area contributed by atoms with E-state index >= 15 is 0 Å². The Hall–Kier alpha value is -2.21. The van der Waals surface area contributed by atoms with Crippen LogP contribution in [0.3, 0.4) is 0 Å². The van der Waals surface area contributed by atoms with Crippen LogP contribution in [0.5, 0.6) is 5.75 Å². The summed E-state index contributed by atoms with van der Waals surface area (Å²) < 4.78 is 11.0. The van der Waals surface area contributed by atoms with Gasteiger partial charge in [0.05, 0.1) is 7.11 Å². The molecule has 3 nitrogen and oxygen atoms in total. The molecule has 0 amide bonds. The lowest BCUT2D eigenvalue weighted by molar-refractivity contribution is 0.0284. The number of fused-ring (bicyclic) bond motifs is 1. The Morgan fingerprint density at radius 1 is 1.36 bits per heavy atom. The zero-order valence-corrected chi connectivity index (χ0v) is 13.0. The highest BCUT2D eigenvalue weighted by Crippen LogP contribution is 2.26. The molecule has 1 aliphatic rings. The van der Waals surface area contributed by atoms with Gasteiger partial charge in [-0.15, -0.1) is 12.3 Å². The van der Waals surface area contributed by atoms with Crippen molar-refractivity contribution >= 4 is 5.97 Å². The molecular weight excluding hydrogens is 276 g/mol. The first-order valence-electron chi connectivity index (χ1n) is 7.71. The van der Waals surface area contributed by atoms with Gasteiger partial charge in [-0.2, -0.15) is 0 Å². The number of hydrogen-bond donors (Lipinski definition) is 0. The molecule has 0 saturated heterocycles. The van der Waals surface area contributed by atoms with Crippen molar-refractivity contribution in [3.63, 3.8) is 0 Å². The van der Waals surface area contributed by atoms with Crippen LogP contribution < -0.4 is 4.74 Å². The van der Waals surface area contributed by atoms with Gasteiger partial charge in [0.25, 0.3) is 0 Å². The Kier molecular flexibility index (Phi) is 6.09. The van der Waals surface area contributed by atoms with Crippen molar-refractivity contribution in [2.24, 2.45) is 0 Å². The van der Waals surface area contributed by atoms with Gasteiger partial charge in [0, 0.05) is 6.42 Å². The average Bonchev–Trinajstić information content (AvgIpc) is 2.52. The van der Waals surface area contributed by atoms with Gasteiger partial charge in [0.1, 0.15) is 17.4 Å². The van der Waals surface area contributed by atoms with Gasteiger partial charge in [-0.3, -0.25) is 0 Å². The molecule has 22 heavy (non-hydrogen) atoms. The zero-order valence-electron chi connectivity index (χ0n) is 13.0. The lowest BCUT2D eigenvalue weighted by atomic mass is 10.0. The second-order valence-corrected chi connectivity index (χ2v) is 5.39. The molecule has 1 heterocycles. The first-order chi connectivity index (χ1) is 10.8. The number of ether oxygens (including phenoxy) is 2. The molecule has 0 fully saturated rings. The first-order valence-corrected chi connectivity index (χ1v) is 7.71. The molecule has 0 spiro atoms. The summed E-state index contributed by atoms with van der Waals surface area (Å²) in [6.07, 6.45) is 14.5. The molecule has 2 rings (SSSR count). The monoisotopic (exact) mass is 298 g/mol. The van der Waals surface area contributed by atoms with E-state index in [0.29, 0.717) is 24.2 Å². The molecule has 0 bridgehead atoms. The van der Waals surface area contributed by atoms with E-state index in [2.05, 4.69) is 18.1 Å². The summed E-state index contributed by atoms with van der Waals surface area (Å²) in [6, 6.07) is 5.61. The van der Waals surface area contributed by atoms with Crippen LogP contribution >= 0.6 is 0 Å². The molecule has 0 unspecified atom stereocenters. The number of allylic oxidation sites excluding steroid dienone is 2. The van der Waals surface area contributed by atoms with Crippen LogP contribution in [0.4, 0.5) is 0 Å². The molecule has 0 saturated carbocycles. The number of esters is 1. The number of hydrogen-bond acceptors (Lipinski definition) is 3. The Morgan fingerprint density at radius 2 is 2.23 bits per heavy atom. The van der Waals surface area contributed by atoms with Crippen molar-refractivity contribution in [1.29, 1.82) is 0 Å². The minimum atomic E-state index is -0.346. The van der Waals surface area contributed by atoms with Gasteiger partial charge < -0.3 is 9.47 Å². The molecule has 1 aromatic rings. The van der Waals surface area contributed by atoms with Gasteiger partial charge in [-0.1, -0.05) is 24.3 Å². The van der Waals surface area contributed by atoms with E-state index < -0.39 is 0 Å². The average molecular weight is 298 g/mol. The van der Waals surface area contributed by atoms with E-state index in [1.807, 2.05) is 12.1 Å². The summed E-state index contributed by atoms with van der Waals surface area (Å²) in [4.78, 5) is 12.6. The fourth-order valence-electron chi connectivity index (χ4n) is 2.66. The SMILES string of the molecule is C#CC[C@H]1CCCC/C=C/Cc2cccc(OC)c2C(=O)O1. The van der Waals surface area contributed by atoms with E-state index in [9.17, 15) is 4.79 Å². The number of rotatable bonds is 2. The van der Waals surface area contributed by atoms with Crippen molar-refractivity contribution < 1.29 is 14.3 Å². The number of cyclic esters (lactones) is 1. The minimum absolute atomic E-state index is 0.223. The zero-order chi connectivity index (χ0) is 15.8. The molecule has 1 aliphatic heterocycles. The molecule has 0 N–H and O–H groups in total. The van der Waals surface area contributed by atoms with Gasteiger partial charge in [0.2, 0.25) is 0 Å². The summed E-state index contributed by atoms with van der Waals surface area (Å²) in [7, 11) is 1.56. The largest absolute Gasteiger partial charge is 0.496 e. The second-order valence-electron chi connectivity index (χ2n) is 5.39.